The molecule has 7 heteroatoms. The number of amides is 1. The van der Waals surface area contributed by atoms with Gasteiger partial charge in [0.2, 0.25) is 5.91 Å². The molecule has 0 saturated heterocycles. The van der Waals surface area contributed by atoms with Crippen LogP contribution in [0.2, 0.25) is 0 Å². The van der Waals surface area contributed by atoms with Gasteiger partial charge in [0, 0.05) is 24.2 Å². The standard InChI is InChI=1S/C20H14F2N2O3/c21-12-3-1-11(2-4-12)15-9-17(25)23-18-16(20(26)27)10-24(19(15)18)14-7-5-13(22)6-8-14/h1-8,10,15H,9H2,(H,23,25)(H,26,27)/t15-/m0/s1. The van der Waals surface area contributed by atoms with Gasteiger partial charge in [0.1, 0.15) is 17.2 Å². The summed E-state index contributed by atoms with van der Waals surface area (Å²) in [6.45, 7) is 0. The molecule has 1 aromatic heterocycles. The molecule has 0 aliphatic carbocycles. The number of fused-ring (bicyclic) bond motifs is 1. The maximum absolute atomic E-state index is 13.3. The number of nitrogens with zero attached hydrogens (tertiary/aromatic N) is 1. The highest BCUT2D eigenvalue weighted by molar-refractivity contribution is 6.04. The molecule has 1 amide bonds. The summed E-state index contributed by atoms with van der Waals surface area (Å²) in [5.74, 6) is -2.79. The molecule has 136 valence electrons. The average molecular weight is 368 g/mol. The molecule has 0 saturated carbocycles. The van der Waals surface area contributed by atoms with Gasteiger partial charge in [-0.2, -0.15) is 0 Å². The second-order valence-corrected chi connectivity index (χ2v) is 6.31. The average Bonchev–Trinajstić information content (AvgIpc) is 3.02. The number of carbonyl (C=O) groups is 2. The van der Waals surface area contributed by atoms with Crippen LogP contribution in [0.25, 0.3) is 5.69 Å². The van der Waals surface area contributed by atoms with E-state index in [-0.39, 0.29) is 23.6 Å². The Balaban J connectivity index is 1.95. The summed E-state index contributed by atoms with van der Waals surface area (Å²) >= 11 is 0. The fourth-order valence-electron chi connectivity index (χ4n) is 3.42. The highest BCUT2D eigenvalue weighted by Gasteiger charge is 2.34. The minimum absolute atomic E-state index is 0.0607. The predicted molar refractivity (Wildman–Crippen MR) is 94.2 cm³/mol. The van der Waals surface area contributed by atoms with Crippen LogP contribution in [-0.2, 0) is 4.79 Å². The SMILES string of the molecule is O=C1C[C@@H](c2ccc(F)cc2)c2c(c(C(=O)O)cn2-c2ccc(F)cc2)N1. The molecule has 2 N–H and O–H groups in total. The molecular weight excluding hydrogens is 354 g/mol. The van der Waals surface area contributed by atoms with E-state index in [4.69, 9.17) is 0 Å². The number of hydrogen-bond donors (Lipinski definition) is 2. The second kappa shape index (κ2) is 6.35. The zero-order chi connectivity index (χ0) is 19.1. The molecule has 0 unspecified atom stereocenters. The third-order valence-electron chi connectivity index (χ3n) is 4.63. The predicted octanol–water partition coefficient (Wildman–Crippen LogP) is 3.93. The van der Waals surface area contributed by atoms with Crippen LogP contribution < -0.4 is 5.32 Å². The quantitative estimate of drug-likeness (QED) is 0.736. The summed E-state index contributed by atoms with van der Waals surface area (Å²) in [5, 5.41) is 12.2. The van der Waals surface area contributed by atoms with Crippen molar-refractivity contribution in [3.8, 4) is 5.69 Å². The van der Waals surface area contributed by atoms with Crippen LogP contribution in [0, 0.1) is 11.6 Å². The molecule has 3 aromatic rings. The van der Waals surface area contributed by atoms with Gasteiger partial charge >= 0.3 is 5.97 Å². The number of halogens is 2. The summed E-state index contributed by atoms with van der Waals surface area (Å²) < 4.78 is 28.3. The first-order chi connectivity index (χ1) is 12.9. The van der Waals surface area contributed by atoms with Gasteiger partial charge in [-0.15, -0.1) is 0 Å². The van der Waals surface area contributed by atoms with Crippen molar-refractivity contribution in [1.29, 1.82) is 0 Å². The van der Waals surface area contributed by atoms with Crippen molar-refractivity contribution in [1.82, 2.24) is 4.57 Å². The van der Waals surface area contributed by atoms with Gasteiger partial charge in [-0.25, -0.2) is 13.6 Å². The van der Waals surface area contributed by atoms with E-state index < -0.39 is 23.5 Å². The highest BCUT2D eigenvalue weighted by Crippen LogP contribution is 2.41. The largest absolute Gasteiger partial charge is 0.478 e. The van der Waals surface area contributed by atoms with Crippen LogP contribution in [-0.4, -0.2) is 21.6 Å². The number of carboxylic acid groups (broad SMARTS) is 1. The van der Waals surface area contributed by atoms with Gasteiger partial charge < -0.3 is 15.0 Å². The van der Waals surface area contributed by atoms with E-state index in [1.54, 1.807) is 16.7 Å². The Bertz CT molecular complexity index is 1040. The smallest absolute Gasteiger partial charge is 0.339 e. The number of carboxylic acids is 1. The van der Waals surface area contributed by atoms with Crippen LogP contribution in [0.5, 0.6) is 0 Å². The maximum Gasteiger partial charge on any atom is 0.339 e. The number of aromatic carboxylic acids is 1. The van der Waals surface area contributed by atoms with Crippen LogP contribution in [0.3, 0.4) is 0 Å². The van der Waals surface area contributed by atoms with E-state index in [1.807, 2.05) is 0 Å². The van der Waals surface area contributed by atoms with Crippen LogP contribution in [0.1, 0.15) is 34.0 Å². The van der Waals surface area contributed by atoms with Crippen molar-refractivity contribution >= 4 is 17.6 Å². The number of carbonyl (C=O) groups excluding carboxylic acids is 1. The lowest BCUT2D eigenvalue weighted by Crippen LogP contribution is -2.25. The number of nitrogens with one attached hydrogen (secondary N) is 1. The van der Waals surface area contributed by atoms with Gasteiger partial charge in [-0.1, -0.05) is 12.1 Å². The minimum Gasteiger partial charge on any atom is -0.478 e. The van der Waals surface area contributed by atoms with E-state index in [2.05, 4.69) is 5.32 Å². The van der Waals surface area contributed by atoms with Crippen molar-refractivity contribution in [2.24, 2.45) is 0 Å². The zero-order valence-corrected chi connectivity index (χ0v) is 13.9. The van der Waals surface area contributed by atoms with Crippen molar-refractivity contribution in [2.75, 3.05) is 5.32 Å². The first-order valence-electron chi connectivity index (χ1n) is 8.24. The summed E-state index contributed by atoms with van der Waals surface area (Å²) in [6, 6.07) is 11.3. The molecular formula is C20H14F2N2O3. The van der Waals surface area contributed by atoms with Gasteiger partial charge in [0.25, 0.3) is 0 Å². The fourth-order valence-corrected chi connectivity index (χ4v) is 3.42. The number of rotatable bonds is 3. The van der Waals surface area contributed by atoms with E-state index >= 15 is 0 Å². The van der Waals surface area contributed by atoms with Crippen molar-refractivity contribution < 1.29 is 23.5 Å². The molecule has 2 aromatic carbocycles. The lowest BCUT2D eigenvalue weighted by Gasteiger charge is -2.26. The normalized spacial score (nSPS) is 15.9. The third kappa shape index (κ3) is 2.97. The number of hydrogen-bond acceptors (Lipinski definition) is 2. The Labute approximate surface area is 152 Å². The number of anilines is 1. The lowest BCUT2D eigenvalue weighted by atomic mass is 9.88. The summed E-state index contributed by atoms with van der Waals surface area (Å²) in [5.41, 5.74) is 1.95. The summed E-state index contributed by atoms with van der Waals surface area (Å²) in [4.78, 5) is 23.9. The molecule has 1 aliphatic heterocycles. The molecule has 5 nitrogen and oxygen atoms in total. The number of benzene rings is 2. The molecule has 1 aliphatic rings. The maximum atomic E-state index is 13.3. The molecule has 0 fully saturated rings. The third-order valence-corrected chi connectivity index (χ3v) is 4.63. The second-order valence-electron chi connectivity index (χ2n) is 6.31. The molecule has 0 spiro atoms. The van der Waals surface area contributed by atoms with E-state index in [0.717, 1.165) is 0 Å². The molecule has 27 heavy (non-hydrogen) atoms. The Kier molecular flexibility index (Phi) is 3.99. The summed E-state index contributed by atoms with van der Waals surface area (Å²) in [7, 11) is 0. The Morgan fingerprint density at radius 3 is 2.22 bits per heavy atom. The van der Waals surface area contributed by atoms with Crippen LogP contribution in [0.15, 0.2) is 54.7 Å². The Morgan fingerprint density at radius 2 is 1.63 bits per heavy atom. The van der Waals surface area contributed by atoms with Crippen molar-refractivity contribution in [2.45, 2.75) is 12.3 Å². The Morgan fingerprint density at radius 1 is 1.04 bits per heavy atom. The Hall–Kier alpha value is -3.48. The summed E-state index contributed by atoms with van der Waals surface area (Å²) in [6.07, 6.45) is 1.49. The minimum atomic E-state index is -1.19. The van der Waals surface area contributed by atoms with Gasteiger partial charge in [0.15, 0.2) is 0 Å². The van der Waals surface area contributed by atoms with E-state index in [1.165, 1.54) is 42.6 Å². The van der Waals surface area contributed by atoms with Gasteiger partial charge in [-0.05, 0) is 42.0 Å². The van der Waals surface area contributed by atoms with Crippen LogP contribution in [0.4, 0.5) is 14.5 Å². The van der Waals surface area contributed by atoms with E-state index in [9.17, 15) is 23.5 Å². The van der Waals surface area contributed by atoms with Crippen molar-refractivity contribution in [3.05, 3.63) is 83.2 Å². The van der Waals surface area contributed by atoms with Crippen LogP contribution >= 0.6 is 0 Å². The lowest BCUT2D eigenvalue weighted by molar-refractivity contribution is -0.116. The van der Waals surface area contributed by atoms with E-state index in [0.29, 0.717) is 16.9 Å². The molecule has 2 heterocycles. The van der Waals surface area contributed by atoms with Crippen molar-refractivity contribution in [3.63, 3.8) is 0 Å². The molecule has 0 radical (unpaired) electrons. The first kappa shape index (κ1) is 17.0. The zero-order valence-electron chi connectivity index (χ0n) is 13.9. The molecule has 4 rings (SSSR count). The highest BCUT2D eigenvalue weighted by atomic mass is 19.1. The monoisotopic (exact) mass is 368 g/mol. The molecule has 0 bridgehead atoms. The van der Waals surface area contributed by atoms with Gasteiger partial charge in [-0.3, -0.25) is 4.79 Å². The van der Waals surface area contributed by atoms with Gasteiger partial charge in [0.05, 0.1) is 11.4 Å². The fraction of sp³-hybridized carbons (Fsp3) is 0.100. The molecule has 1 atom stereocenters. The number of aromatic nitrogens is 1. The topological polar surface area (TPSA) is 71.3 Å². The first-order valence-corrected chi connectivity index (χ1v) is 8.24.